The molecule has 0 saturated heterocycles. The number of carbonyl (C=O) groups is 1. The summed E-state index contributed by atoms with van der Waals surface area (Å²) in [5, 5.41) is 6.96. The second kappa shape index (κ2) is 8.68. The summed E-state index contributed by atoms with van der Waals surface area (Å²) in [6.45, 7) is 8.19. The molecule has 0 bridgehead atoms. The molecular weight excluding hydrogens is 258 g/mol. The Labute approximate surface area is 120 Å². The van der Waals surface area contributed by atoms with Crippen molar-refractivity contribution in [2.24, 2.45) is 5.73 Å². The minimum absolute atomic E-state index is 0.151. The predicted octanol–water partition coefficient (Wildman–Crippen LogP) is 0.137. The van der Waals surface area contributed by atoms with E-state index in [1.807, 2.05) is 10.9 Å². The first-order valence-electron chi connectivity index (χ1n) is 6.93. The van der Waals surface area contributed by atoms with E-state index < -0.39 is 6.10 Å². The lowest BCUT2D eigenvalue weighted by Crippen LogP contribution is -2.35. The number of ether oxygens (including phenoxy) is 1. The summed E-state index contributed by atoms with van der Waals surface area (Å²) in [4.78, 5) is 14.1. The number of nitrogens with two attached hydrogens (primary N) is 1. The van der Waals surface area contributed by atoms with E-state index in [0.717, 1.165) is 26.2 Å². The van der Waals surface area contributed by atoms with Gasteiger partial charge < -0.3 is 20.7 Å². The number of nitrogens with zero attached hydrogens (tertiary/aromatic N) is 3. The highest BCUT2D eigenvalue weighted by Crippen LogP contribution is 2.06. The maximum Gasteiger partial charge on any atom is 0.254 e. The maximum absolute atomic E-state index is 11.8. The fraction of sp³-hybridized carbons (Fsp3) is 0.692. The van der Waals surface area contributed by atoms with E-state index in [9.17, 15) is 4.79 Å². The highest BCUT2D eigenvalue weighted by Gasteiger charge is 2.16. The monoisotopic (exact) mass is 283 g/mol. The molecular formula is C13H25N5O2. The molecule has 1 unspecified atom stereocenters. The summed E-state index contributed by atoms with van der Waals surface area (Å²) >= 11 is 0. The normalized spacial score (nSPS) is 12.7. The van der Waals surface area contributed by atoms with Crippen LogP contribution in [0.5, 0.6) is 0 Å². The Kier molecular flexibility index (Phi) is 7.21. The summed E-state index contributed by atoms with van der Waals surface area (Å²) < 4.78 is 6.80. The zero-order chi connectivity index (χ0) is 15.0. The van der Waals surface area contributed by atoms with Crippen LogP contribution in [0.1, 0.15) is 13.8 Å². The summed E-state index contributed by atoms with van der Waals surface area (Å²) in [7, 11) is 1.46. The highest BCUT2D eigenvalue weighted by atomic mass is 16.5. The molecule has 0 aliphatic carbocycles. The standard InChI is InChI=1S/C13H25N5O2/c1-4-17(5-2)6-7-18-10-11(9-15-18)16-13(19)12(8-14)20-3/h9-10,12H,4-8,14H2,1-3H3,(H,16,19). The Morgan fingerprint density at radius 3 is 2.80 bits per heavy atom. The van der Waals surface area contributed by atoms with Crippen LogP contribution in [0.15, 0.2) is 12.4 Å². The quantitative estimate of drug-likeness (QED) is 0.673. The van der Waals surface area contributed by atoms with Gasteiger partial charge in [0.25, 0.3) is 5.91 Å². The van der Waals surface area contributed by atoms with Crippen molar-refractivity contribution < 1.29 is 9.53 Å². The Bertz CT molecular complexity index is 399. The molecule has 1 aromatic rings. The molecule has 0 fully saturated rings. The van der Waals surface area contributed by atoms with Crippen molar-refractivity contribution in [3.63, 3.8) is 0 Å². The number of carbonyl (C=O) groups excluding carboxylic acids is 1. The van der Waals surface area contributed by atoms with E-state index in [4.69, 9.17) is 10.5 Å². The Morgan fingerprint density at radius 2 is 2.25 bits per heavy atom. The number of likely N-dealkylation sites (N-methyl/N-ethyl adjacent to an activating group) is 1. The van der Waals surface area contributed by atoms with Crippen molar-refractivity contribution in [3.8, 4) is 0 Å². The van der Waals surface area contributed by atoms with Gasteiger partial charge in [-0.1, -0.05) is 13.8 Å². The van der Waals surface area contributed by atoms with Crippen LogP contribution in [0, 0.1) is 0 Å². The van der Waals surface area contributed by atoms with Gasteiger partial charge in [0.1, 0.15) is 6.10 Å². The van der Waals surface area contributed by atoms with Crippen LogP contribution in [0.3, 0.4) is 0 Å². The number of rotatable bonds is 9. The molecule has 1 atom stereocenters. The van der Waals surface area contributed by atoms with Gasteiger partial charge in [0.2, 0.25) is 0 Å². The molecule has 7 heteroatoms. The second-order valence-electron chi connectivity index (χ2n) is 4.47. The van der Waals surface area contributed by atoms with Gasteiger partial charge in [-0.25, -0.2) is 0 Å². The molecule has 7 nitrogen and oxygen atoms in total. The predicted molar refractivity (Wildman–Crippen MR) is 78.5 cm³/mol. The van der Waals surface area contributed by atoms with Crippen LogP contribution in [0.2, 0.25) is 0 Å². The van der Waals surface area contributed by atoms with Crippen LogP contribution in [0.25, 0.3) is 0 Å². The van der Waals surface area contributed by atoms with Gasteiger partial charge in [-0.3, -0.25) is 9.48 Å². The molecule has 0 aromatic carbocycles. The van der Waals surface area contributed by atoms with Crippen LogP contribution < -0.4 is 11.1 Å². The van der Waals surface area contributed by atoms with Gasteiger partial charge in [0.15, 0.2) is 0 Å². The average Bonchev–Trinajstić information content (AvgIpc) is 2.89. The van der Waals surface area contributed by atoms with Gasteiger partial charge in [-0.15, -0.1) is 0 Å². The van der Waals surface area contributed by atoms with Crippen molar-refractivity contribution >= 4 is 11.6 Å². The number of aromatic nitrogens is 2. The van der Waals surface area contributed by atoms with E-state index in [1.165, 1.54) is 7.11 Å². The lowest BCUT2D eigenvalue weighted by atomic mass is 10.3. The lowest BCUT2D eigenvalue weighted by Gasteiger charge is -2.17. The van der Waals surface area contributed by atoms with Crippen LogP contribution in [-0.4, -0.2) is 60.0 Å². The summed E-state index contributed by atoms with van der Waals surface area (Å²) in [6, 6.07) is 0. The maximum atomic E-state index is 11.8. The number of nitrogens with one attached hydrogen (secondary N) is 1. The third-order valence-corrected chi connectivity index (χ3v) is 3.23. The fourth-order valence-electron chi connectivity index (χ4n) is 1.87. The third-order valence-electron chi connectivity index (χ3n) is 3.23. The van der Waals surface area contributed by atoms with Crippen LogP contribution in [-0.2, 0) is 16.1 Å². The molecule has 0 spiro atoms. The number of anilines is 1. The van der Waals surface area contributed by atoms with Crippen molar-refractivity contribution in [1.82, 2.24) is 14.7 Å². The molecule has 0 saturated carbocycles. The first-order chi connectivity index (χ1) is 9.64. The SMILES string of the molecule is CCN(CC)CCn1cc(NC(=O)C(CN)OC)cn1. The van der Waals surface area contributed by atoms with E-state index in [0.29, 0.717) is 5.69 Å². The zero-order valence-corrected chi connectivity index (χ0v) is 12.5. The van der Waals surface area contributed by atoms with E-state index >= 15 is 0 Å². The molecule has 1 amide bonds. The summed E-state index contributed by atoms with van der Waals surface area (Å²) in [5.74, 6) is -0.252. The molecule has 114 valence electrons. The van der Waals surface area contributed by atoms with Gasteiger partial charge in [0, 0.05) is 26.4 Å². The first kappa shape index (κ1) is 16.6. The van der Waals surface area contributed by atoms with Crippen molar-refractivity contribution in [3.05, 3.63) is 12.4 Å². The largest absolute Gasteiger partial charge is 0.370 e. The number of amides is 1. The Morgan fingerprint density at radius 1 is 1.55 bits per heavy atom. The Balaban J connectivity index is 2.49. The Hall–Kier alpha value is -1.44. The third kappa shape index (κ3) is 4.92. The minimum atomic E-state index is -0.631. The molecule has 3 N–H and O–H groups in total. The van der Waals surface area contributed by atoms with Crippen LogP contribution >= 0.6 is 0 Å². The molecule has 1 aromatic heterocycles. The van der Waals surface area contributed by atoms with Crippen molar-refractivity contribution in [2.45, 2.75) is 26.5 Å². The van der Waals surface area contributed by atoms with Crippen LogP contribution in [0.4, 0.5) is 5.69 Å². The molecule has 20 heavy (non-hydrogen) atoms. The van der Waals surface area contributed by atoms with E-state index in [-0.39, 0.29) is 12.5 Å². The van der Waals surface area contributed by atoms with E-state index in [2.05, 4.69) is 29.2 Å². The van der Waals surface area contributed by atoms with Crippen molar-refractivity contribution in [1.29, 1.82) is 0 Å². The second-order valence-corrected chi connectivity index (χ2v) is 4.47. The first-order valence-corrected chi connectivity index (χ1v) is 6.93. The average molecular weight is 283 g/mol. The molecule has 1 rings (SSSR count). The number of hydrogen-bond donors (Lipinski definition) is 2. The van der Waals surface area contributed by atoms with Gasteiger partial charge in [-0.2, -0.15) is 5.10 Å². The fourth-order valence-corrected chi connectivity index (χ4v) is 1.87. The minimum Gasteiger partial charge on any atom is -0.370 e. The van der Waals surface area contributed by atoms with E-state index in [1.54, 1.807) is 6.20 Å². The molecule has 1 heterocycles. The lowest BCUT2D eigenvalue weighted by molar-refractivity contribution is -0.125. The topological polar surface area (TPSA) is 85.4 Å². The summed E-state index contributed by atoms with van der Waals surface area (Å²) in [6.07, 6.45) is 2.81. The van der Waals surface area contributed by atoms with Gasteiger partial charge in [0.05, 0.1) is 18.4 Å². The number of hydrogen-bond acceptors (Lipinski definition) is 5. The highest BCUT2D eigenvalue weighted by molar-refractivity contribution is 5.94. The molecule has 0 radical (unpaired) electrons. The zero-order valence-electron chi connectivity index (χ0n) is 12.5. The molecule has 0 aliphatic rings. The van der Waals surface area contributed by atoms with Gasteiger partial charge in [-0.05, 0) is 13.1 Å². The van der Waals surface area contributed by atoms with Crippen molar-refractivity contribution in [2.75, 3.05) is 38.6 Å². The summed E-state index contributed by atoms with van der Waals surface area (Å²) in [5.41, 5.74) is 6.10. The molecule has 0 aliphatic heterocycles. The number of methoxy groups -OCH3 is 1. The van der Waals surface area contributed by atoms with Gasteiger partial charge >= 0.3 is 0 Å². The smallest absolute Gasteiger partial charge is 0.254 e.